The van der Waals surface area contributed by atoms with Crippen LogP contribution in [0.3, 0.4) is 0 Å². The van der Waals surface area contributed by atoms with Crippen molar-refractivity contribution in [2.75, 3.05) is 17.7 Å². The highest BCUT2D eigenvalue weighted by Crippen LogP contribution is 2.25. The number of benzene rings is 2. The van der Waals surface area contributed by atoms with E-state index in [0.717, 1.165) is 22.7 Å². The molecule has 0 saturated carbocycles. The highest BCUT2D eigenvalue weighted by Gasteiger charge is 2.17. The van der Waals surface area contributed by atoms with Crippen LogP contribution in [0.5, 0.6) is 5.75 Å². The van der Waals surface area contributed by atoms with Crippen molar-refractivity contribution in [2.45, 2.75) is 19.4 Å². The lowest BCUT2D eigenvalue weighted by Crippen LogP contribution is -2.19. The van der Waals surface area contributed by atoms with Gasteiger partial charge in [0.15, 0.2) is 5.13 Å². The highest BCUT2D eigenvalue weighted by atomic mass is 32.1. The summed E-state index contributed by atoms with van der Waals surface area (Å²) in [6.45, 7) is 0.0907. The summed E-state index contributed by atoms with van der Waals surface area (Å²) in [5, 5.41) is 8.57. The van der Waals surface area contributed by atoms with E-state index in [-0.39, 0.29) is 12.5 Å². The summed E-state index contributed by atoms with van der Waals surface area (Å²) in [6.07, 6.45) is 1.04. The van der Waals surface area contributed by atoms with Gasteiger partial charge in [-0.15, -0.1) is 11.3 Å². The fraction of sp³-hybridized carbons (Fsp3) is 0.190. The molecule has 1 aromatic heterocycles. The third-order valence-corrected chi connectivity index (χ3v) is 5.29. The van der Waals surface area contributed by atoms with Gasteiger partial charge in [-0.25, -0.2) is 9.78 Å². The molecule has 0 spiro atoms. The molecule has 1 aliphatic heterocycles. The third kappa shape index (κ3) is 4.55. The van der Waals surface area contributed by atoms with Crippen LogP contribution in [0.4, 0.5) is 16.5 Å². The number of nitrogens with zero attached hydrogens (tertiary/aromatic N) is 1. The van der Waals surface area contributed by atoms with E-state index in [0.29, 0.717) is 29.2 Å². The molecule has 3 aromatic rings. The summed E-state index contributed by atoms with van der Waals surface area (Å²) in [7, 11) is 1.62. The number of esters is 1. The smallest absolute Gasteiger partial charge is 0.338 e. The predicted octanol–water partition coefficient (Wildman–Crippen LogP) is 4.14. The monoisotopic (exact) mass is 409 g/mol. The van der Waals surface area contributed by atoms with E-state index in [4.69, 9.17) is 9.47 Å². The summed E-state index contributed by atoms with van der Waals surface area (Å²) in [5.41, 5.74) is 3.73. The van der Waals surface area contributed by atoms with Gasteiger partial charge < -0.3 is 20.1 Å². The quantitative estimate of drug-likeness (QED) is 0.595. The molecule has 0 radical (unpaired) electrons. The van der Waals surface area contributed by atoms with E-state index in [1.54, 1.807) is 25.3 Å². The summed E-state index contributed by atoms with van der Waals surface area (Å²) in [4.78, 5) is 28.2. The fourth-order valence-electron chi connectivity index (χ4n) is 2.96. The fourth-order valence-corrected chi connectivity index (χ4v) is 3.68. The molecule has 2 heterocycles. The van der Waals surface area contributed by atoms with Crippen LogP contribution in [0.15, 0.2) is 47.8 Å². The van der Waals surface area contributed by atoms with Crippen LogP contribution in [0, 0.1) is 0 Å². The lowest BCUT2D eigenvalue weighted by Gasteiger charge is -2.17. The van der Waals surface area contributed by atoms with Gasteiger partial charge in [-0.05, 0) is 54.4 Å². The zero-order valence-corrected chi connectivity index (χ0v) is 16.5. The number of rotatable bonds is 6. The first-order valence-electron chi connectivity index (χ1n) is 9.06. The second-order valence-electron chi connectivity index (χ2n) is 6.49. The standard InChI is InChI=1S/C21H19N3O4S/c1-27-17-6-4-15(5-7-17)22-21-23-16(12-29-21)11-28-20(26)14-2-8-18-13(10-14)3-9-19(25)24-18/h2,4-8,10,12H,3,9,11H2,1H3,(H,22,23)(H,24,25). The molecule has 7 nitrogen and oxygen atoms in total. The Kier molecular flexibility index (Phi) is 5.44. The van der Waals surface area contributed by atoms with Gasteiger partial charge in [0.05, 0.1) is 18.4 Å². The lowest BCUT2D eigenvalue weighted by molar-refractivity contribution is -0.116. The van der Waals surface area contributed by atoms with Crippen LogP contribution in [0.1, 0.15) is 28.0 Å². The van der Waals surface area contributed by atoms with Gasteiger partial charge in [-0.3, -0.25) is 4.79 Å². The number of hydrogen-bond donors (Lipinski definition) is 2. The molecule has 0 saturated heterocycles. The van der Waals surface area contributed by atoms with Crippen LogP contribution >= 0.6 is 11.3 Å². The van der Waals surface area contributed by atoms with Crippen molar-refractivity contribution in [3.05, 3.63) is 64.7 Å². The number of carbonyl (C=O) groups is 2. The summed E-state index contributed by atoms with van der Waals surface area (Å²) < 4.78 is 10.5. The number of carbonyl (C=O) groups excluding carboxylic acids is 2. The van der Waals surface area contributed by atoms with Crippen molar-refractivity contribution in [1.82, 2.24) is 4.98 Å². The first kappa shape index (κ1) is 18.9. The Morgan fingerprint density at radius 1 is 1.21 bits per heavy atom. The average Bonchev–Trinajstić information content (AvgIpc) is 3.19. The van der Waals surface area contributed by atoms with Gasteiger partial charge in [0.2, 0.25) is 5.91 Å². The number of thiazole rings is 1. The molecule has 0 unspecified atom stereocenters. The average molecular weight is 409 g/mol. The Bertz CT molecular complexity index is 1050. The van der Waals surface area contributed by atoms with Gasteiger partial charge in [0.1, 0.15) is 12.4 Å². The highest BCUT2D eigenvalue weighted by molar-refractivity contribution is 7.13. The molecule has 2 N–H and O–H groups in total. The number of aryl methyl sites for hydroxylation is 1. The minimum atomic E-state index is -0.414. The first-order chi connectivity index (χ1) is 14.1. The van der Waals surface area contributed by atoms with Gasteiger partial charge in [-0.1, -0.05) is 0 Å². The second-order valence-corrected chi connectivity index (χ2v) is 7.35. The zero-order valence-electron chi connectivity index (χ0n) is 15.7. The normalized spacial score (nSPS) is 12.7. The van der Waals surface area contributed by atoms with Crippen molar-refractivity contribution in [3.63, 3.8) is 0 Å². The van der Waals surface area contributed by atoms with Crippen LogP contribution in [0.25, 0.3) is 0 Å². The topological polar surface area (TPSA) is 89.5 Å². The minimum Gasteiger partial charge on any atom is -0.497 e. The third-order valence-electron chi connectivity index (χ3n) is 4.48. The number of aromatic nitrogens is 1. The molecule has 148 valence electrons. The van der Waals surface area contributed by atoms with E-state index in [2.05, 4.69) is 15.6 Å². The van der Waals surface area contributed by atoms with Gasteiger partial charge in [-0.2, -0.15) is 0 Å². The molecule has 0 bridgehead atoms. The van der Waals surface area contributed by atoms with Gasteiger partial charge in [0.25, 0.3) is 0 Å². The van der Waals surface area contributed by atoms with E-state index >= 15 is 0 Å². The van der Waals surface area contributed by atoms with Crippen LogP contribution < -0.4 is 15.4 Å². The maximum atomic E-state index is 12.4. The Morgan fingerprint density at radius 2 is 2.03 bits per heavy atom. The number of ether oxygens (including phenoxy) is 2. The van der Waals surface area contributed by atoms with Crippen LogP contribution in [-0.4, -0.2) is 24.0 Å². The van der Waals surface area contributed by atoms with Crippen molar-refractivity contribution >= 4 is 39.7 Å². The van der Waals surface area contributed by atoms with Crippen LogP contribution in [0.2, 0.25) is 0 Å². The molecule has 2 aromatic carbocycles. The van der Waals surface area contributed by atoms with Gasteiger partial charge in [0, 0.05) is 23.2 Å². The summed E-state index contributed by atoms with van der Waals surface area (Å²) in [6, 6.07) is 12.7. The maximum absolute atomic E-state index is 12.4. The lowest BCUT2D eigenvalue weighted by atomic mass is 10.0. The maximum Gasteiger partial charge on any atom is 0.338 e. The summed E-state index contributed by atoms with van der Waals surface area (Å²) in [5.74, 6) is 0.365. The molecular weight excluding hydrogens is 390 g/mol. The molecule has 0 atom stereocenters. The number of methoxy groups -OCH3 is 1. The summed E-state index contributed by atoms with van der Waals surface area (Å²) >= 11 is 1.44. The second kappa shape index (κ2) is 8.32. The Balaban J connectivity index is 1.34. The molecule has 0 fully saturated rings. The number of hydrogen-bond acceptors (Lipinski definition) is 7. The Labute approximate surface area is 171 Å². The first-order valence-corrected chi connectivity index (χ1v) is 9.94. The van der Waals surface area contributed by atoms with E-state index in [9.17, 15) is 9.59 Å². The number of fused-ring (bicyclic) bond motifs is 1. The predicted molar refractivity (Wildman–Crippen MR) is 111 cm³/mol. The van der Waals surface area contributed by atoms with E-state index in [1.165, 1.54) is 11.3 Å². The molecule has 4 rings (SSSR count). The largest absolute Gasteiger partial charge is 0.497 e. The molecular formula is C21H19N3O4S. The van der Waals surface area contributed by atoms with E-state index in [1.807, 2.05) is 29.6 Å². The Hall–Kier alpha value is -3.39. The minimum absolute atomic E-state index is 0.00425. The van der Waals surface area contributed by atoms with E-state index < -0.39 is 5.97 Å². The van der Waals surface area contributed by atoms with Gasteiger partial charge >= 0.3 is 5.97 Å². The number of amides is 1. The van der Waals surface area contributed by atoms with Crippen molar-refractivity contribution in [2.24, 2.45) is 0 Å². The molecule has 1 amide bonds. The molecule has 29 heavy (non-hydrogen) atoms. The Morgan fingerprint density at radius 3 is 2.83 bits per heavy atom. The number of anilines is 3. The molecule has 8 heteroatoms. The molecule has 1 aliphatic rings. The molecule has 0 aliphatic carbocycles. The zero-order chi connectivity index (χ0) is 20.2. The number of nitrogens with one attached hydrogen (secondary N) is 2. The SMILES string of the molecule is COc1ccc(Nc2nc(COC(=O)c3ccc4c(c3)CCC(=O)N4)cs2)cc1. The van der Waals surface area contributed by atoms with Crippen molar-refractivity contribution in [3.8, 4) is 5.75 Å². The van der Waals surface area contributed by atoms with Crippen molar-refractivity contribution in [1.29, 1.82) is 0 Å². The van der Waals surface area contributed by atoms with Crippen molar-refractivity contribution < 1.29 is 19.1 Å². The van der Waals surface area contributed by atoms with Crippen LogP contribution in [-0.2, 0) is 22.6 Å².